The average molecular weight is 268 g/mol. The van der Waals surface area contributed by atoms with Gasteiger partial charge in [0, 0.05) is 19.0 Å². The molecule has 1 heterocycles. The first kappa shape index (κ1) is 13.9. The second-order valence-corrected chi connectivity index (χ2v) is 4.85. The van der Waals surface area contributed by atoms with Crippen LogP contribution >= 0.6 is 0 Å². The SMILES string of the molecule is CCN1C(=O)CCCC(N)C1c1ccc(F)c(F)c1. The number of nitrogens with zero attached hydrogens (tertiary/aromatic N) is 1. The van der Waals surface area contributed by atoms with E-state index in [9.17, 15) is 13.6 Å². The van der Waals surface area contributed by atoms with Crippen LogP contribution in [-0.2, 0) is 4.79 Å². The van der Waals surface area contributed by atoms with Crippen LogP contribution in [0.3, 0.4) is 0 Å². The first-order valence-electron chi connectivity index (χ1n) is 6.54. The number of amides is 1. The number of likely N-dealkylation sites (N-methyl/N-ethyl adjacent to an activating group) is 1. The first-order chi connectivity index (χ1) is 9.04. The number of hydrogen-bond acceptors (Lipinski definition) is 2. The Morgan fingerprint density at radius 3 is 2.74 bits per heavy atom. The molecule has 5 heteroatoms. The van der Waals surface area contributed by atoms with Crippen LogP contribution < -0.4 is 5.73 Å². The van der Waals surface area contributed by atoms with E-state index in [1.165, 1.54) is 6.07 Å². The lowest BCUT2D eigenvalue weighted by Gasteiger charge is -2.33. The van der Waals surface area contributed by atoms with Crippen LogP contribution in [0, 0.1) is 11.6 Å². The number of benzene rings is 1. The molecule has 1 aliphatic rings. The van der Waals surface area contributed by atoms with Gasteiger partial charge in [-0.1, -0.05) is 6.07 Å². The molecule has 2 N–H and O–H groups in total. The van der Waals surface area contributed by atoms with E-state index in [4.69, 9.17) is 5.73 Å². The predicted octanol–water partition coefficient (Wildman–Crippen LogP) is 2.37. The smallest absolute Gasteiger partial charge is 0.223 e. The van der Waals surface area contributed by atoms with E-state index >= 15 is 0 Å². The zero-order valence-corrected chi connectivity index (χ0v) is 10.9. The fourth-order valence-electron chi connectivity index (χ4n) is 2.67. The van der Waals surface area contributed by atoms with Crippen molar-refractivity contribution in [1.29, 1.82) is 0 Å². The summed E-state index contributed by atoms with van der Waals surface area (Å²) in [5.74, 6) is -1.78. The van der Waals surface area contributed by atoms with E-state index in [0.717, 1.165) is 18.6 Å². The molecule has 0 radical (unpaired) electrons. The van der Waals surface area contributed by atoms with Crippen molar-refractivity contribution in [2.75, 3.05) is 6.54 Å². The summed E-state index contributed by atoms with van der Waals surface area (Å²) in [7, 11) is 0. The summed E-state index contributed by atoms with van der Waals surface area (Å²) in [6.07, 6.45) is 1.89. The lowest BCUT2D eigenvalue weighted by atomic mass is 9.96. The Balaban J connectivity index is 2.41. The van der Waals surface area contributed by atoms with Crippen molar-refractivity contribution >= 4 is 5.91 Å². The fourth-order valence-corrected chi connectivity index (χ4v) is 2.67. The monoisotopic (exact) mass is 268 g/mol. The van der Waals surface area contributed by atoms with Crippen LogP contribution in [0.15, 0.2) is 18.2 Å². The molecule has 0 bridgehead atoms. The van der Waals surface area contributed by atoms with Gasteiger partial charge >= 0.3 is 0 Å². The highest BCUT2D eigenvalue weighted by Gasteiger charge is 2.32. The number of rotatable bonds is 2. The van der Waals surface area contributed by atoms with Crippen molar-refractivity contribution in [3.05, 3.63) is 35.4 Å². The first-order valence-corrected chi connectivity index (χ1v) is 6.54. The lowest BCUT2D eigenvalue weighted by Crippen LogP contribution is -2.42. The van der Waals surface area contributed by atoms with E-state index < -0.39 is 11.6 Å². The topological polar surface area (TPSA) is 46.3 Å². The standard InChI is InChI=1S/C14H18F2N2O/c1-2-18-13(19)5-3-4-12(17)14(18)9-6-7-10(15)11(16)8-9/h6-8,12,14H,2-5,17H2,1H3. The molecular formula is C14H18F2N2O. The fraction of sp³-hybridized carbons (Fsp3) is 0.500. The van der Waals surface area contributed by atoms with Gasteiger partial charge in [-0.2, -0.15) is 0 Å². The molecule has 0 saturated carbocycles. The van der Waals surface area contributed by atoms with Crippen molar-refractivity contribution in [2.24, 2.45) is 5.73 Å². The second-order valence-electron chi connectivity index (χ2n) is 4.85. The van der Waals surface area contributed by atoms with Gasteiger partial charge in [0.2, 0.25) is 5.91 Å². The summed E-state index contributed by atoms with van der Waals surface area (Å²) >= 11 is 0. The molecule has 2 rings (SSSR count). The quantitative estimate of drug-likeness (QED) is 0.895. The van der Waals surface area contributed by atoms with Crippen molar-refractivity contribution in [3.8, 4) is 0 Å². The number of halogens is 2. The summed E-state index contributed by atoms with van der Waals surface area (Å²) in [4.78, 5) is 13.7. The molecule has 3 nitrogen and oxygen atoms in total. The second kappa shape index (κ2) is 5.65. The van der Waals surface area contributed by atoms with Crippen LogP contribution in [0.5, 0.6) is 0 Å². The van der Waals surface area contributed by atoms with Gasteiger partial charge in [0.1, 0.15) is 0 Å². The zero-order chi connectivity index (χ0) is 14.0. The van der Waals surface area contributed by atoms with Gasteiger partial charge in [-0.15, -0.1) is 0 Å². The minimum Gasteiger partial charge on any atom is -0.334 e. The van der Waals surface area contributed by atoms with Crippen molar-refractivity contribution in [1.82, 2.24) is 4.90 Å². The Kier molecular flexibility index (Phi) is 4.14. The van der Waals surface area contributed by atoms with Crippen molar-refractivity contribution in [3.63, 3.8) is 0 Å². The molecule has 2 unspecified atom stereocenters. The molecule has 1 aromatic rings. The van der Waals surface area contributed by atoms with E-state index in [1.807, 2.05) is 6.92 Å². The Bertz CT molecular complexity index is 479. The third kappa shape index (κ3) is 2.76. The summed E-state index contributed by atoms with van der Waals surface area (Å²) in [5.41, 5.74) is 6.68. The Morgan fingerprint density at radius 2 is 2.11 bits per heavy atom. The van der Waals surface area contributed by atoms with Crippen LogP contribution in [-0.4, -0.2) is 23.4 Å². The van der Waals surface area contributed by atoms with Gasteiger partial charge in [-0.05, 0) is 37.5 Å². The van der Waals surface area contributed by atoms with E-state index in [0.29, 0.717) is 24.9 Å². The Morgan fingerprint density at radius 1 is 1.37 bits per heavy atom. The number of nitrogens with two attached hydrogens (primary N) is 1. The lowest BCUT2D eigenvalue weighted by molar-refractivity contribution is -0.133. The van der Waals surface area contributed by atoms with Gasteiger partial charge in [0.25, 0.3) is 0 Å². The number of carbonyl (C=O) groups is 1. The largest absolute Gasteiger partial charge is 0.334 e. The minimum atomic E-state index is -0.905. The van der Waals surface area contributed by atoms with E-state index in [2.05, 4.69) is 0 Å². The highest BCUT2D eigenvalue weighted by molar-refractivity contribution is 5.77. The van der Waals surface area contributed by atoms with E-state index in [-0.39, 0.29) is 18.0 Å². The third-order valence-electron chi connectivity index (χ3n) is 3.62. The van der Waals surface area contributed by atoms with Crippen LogP contribution in [0.1, 0.15) is 37.8 Å². The molecule has 19 heavy (non-hydrogen) atoms. The molecule has 1 amide bonds. The highest BCUT2D eigenvalue weighted by atomic mass is 19.2. The molecule has 1 fully saturated rings. The molecule has 1 saturated heterocycles. The molecule has 1 aliphatic heterocycles. The van der Waals surface area contributed by atoms with Crippen molar-refractivity contribution < 1.29 is 13.6 Å². The number of carbonyl (C=O) groups excluding carboxylic acids is 1. The summed E-state index contributed by atoms with van der Waals surface area (Å²) in [6, 6.07) is 3.10. The third-order valence-corrected chi connectivity index (χ3v) is 3.62. The maximum atomic E-state index is 13.4. The molecule has 0 aromatic heterocycles. The van der Waals surface area contributed by atoms with Gasteiger partial charge in [0.05, 0.1) is 6.04 Å². The van der Waals surface area contributed by atoms with Crippen LogP contribution in [0.2, 0.25) is 0 Å². The van der Waals surface area contributed by atoms with Gasteiger partial charge in [-0.3, -0.25) is 4.79 Å². The highest BCUT2D eigenvalue weighted by Crippen LogP contribution is 2.30. The normalized spacial score (nSPS) is 24.4. The summed E-state index contributed by atoms with van der Waals surface area (Å²) < 4.78 is 26.4. The maximum absolute atomic E-state index is 13.4. The molecule has 0 aliphatic carbocycles. The molecule has 1 aromatic carbocycles. The summed E-state index contributed by atoms with van der Waals surface area (Å²) in [6.45, 7) is 2.37. The van der Waals surface area contributed by atoms with Crippen LogP contribution in [0.4, 0.5) is 8.78 Å². The molecule has 2 atom stereocenters. The van der Waals surface area contributed by atoms with Gasteiger partial charge in [-0.25, -0.2) is 8.78 Å². The number of hydrogen-bond donors (Lipinski definition) is 1. The summed E-state index contributed by atoms with van der Waals surface area (Å²) in [5, 5.41) is 0. The van der Waals surface area contributed by atoms with Crippen molar-refractivity contribution in [2.45, 2.75) is 38.3 Å². The Labute approximate surface area is 111 Å². The van der Waals surface area contributed by atoms with Gasteiger partial charge in [0.15, 0.2) is 11.6 Å². The Hall–Kier alpha value is -1.49. The minimum absolute atomic E-state index is 0.0187. The molecule has 104 valence electrons. The molecule has 0 spiro atoms. The predicted molar refractivity (Wildman–Crippen MR) is 68.3 cm³/mol. The number of likely N-dealkylation sites (tertiary alicyclic amines) is 1. The maximum Gasteiger partial charge on any atom is 0.223 e. The van der Waals surface area contributed by atoms with Crippen LogP contribution in [0.25, 0.3) is 0 Å². The average Bonchev–Trinajstić information content (AvgIpc) is 2.52. The molecular weight excluding hydrogens is 250 g/mol. The van der Waals surface area contributed by atoms with Gasteiger partial charge < -0.3 is 10.6 Å². The zero-order valence-electron chi connectivity index (χ0n) is 10.9. The van der Waals surface area contributed by atoms with E-state index in [1.54, 1.807) is 4.90 Å².